The van der Waals surface area contributed by atoms with E-state index in [1.54, 1.807) is 0 Å². The second-order valence-electron chi connectivity index (χ2n) is 33.9. The highest BCUT2D eigenvalue weighted by Crippen LogP contribution is 2.25. The molecule has 552 valence electrons. The van der Waals surface area contributed by atoms with Crippen molar-refractivity contribution >= 4 is 0 Å². The molecule has 16 nitrogen and oxygen atoms in total. The molecule has 0 N–H and O–H groups in total. The fraction of sp³-hybridized carbons (Fsp3) is 1.00. The van der Waals surface area contributed by atoms with E-state index in [9.17, 15) is 0 Å². The Bertz CT molecular complexity index is 1830. The second kappa shape index (κ2) is 43.1. The zero-order valence-electron chi connectivity index (χ0n) is 69.2. The molecule has 16 heteroatoms. The number of likely N-dealkylation sites (N-methyl/N-ethyl adjacent to an activating group) is 16. The van der Waals surface area contributed by atoms with Crippen LogP contribution in [0.1, 0.15) is 165 Å². The monoisotopic (exact) mass is 1310 g/mol. The molecule has 0 aromatic carbocycles. The minimum Gasteiger partial charge on any atom is -0.304 e. The lowest BCUT2D eigenvalue weighted by molar-refractivity contribution is 0.00496. The molecule has 8 fully saturated rings. The summed E-state index contributed by atoms with van der Waals surface area (Å²) in [7, 11) is 35.6. The summed E-state index contributed by atoms with van der Waals surface area (Å²) >= 11 is 0. The maximum Gasteiger partial charge on any atom is 0.0246 e. The molecular weight excluding hydrogens is 1140 g/mol. The van der Waals surface area contributed by atoms with Crippen molar-refractivity contribution < 1.29 is 0 Å². The highest BCUT2D eigenvalue weighted by atomic mass is 15.3. The molecule has 0 aromatic rings. The van der Waals surface area contributed by atoms with Crippen molar-refractivity contribution in [3.8, 4) is 0 Å². The summed E-state index contributed by atoms with van der Waals surface area (Å²) in [4.78, 5) is 39.4. The van der Waals surface area contributed by atoms with Crippen LogP contribution in [0.3, 0.4) is 0 Å². The normalized spacial score (nSPS) is 36.8. The molecule has 8 aliphatic rings. The van der Waals surface area contributed by atoms with Gasteiger partial charge in [-0.2, -0.15) is 0 Å². The topological polar surface area (TPSA) is 51.8 Å². The number of hydrogen-bond acceptors (Lipinski definition) is 16. The summed E-state index contributed by atoms with van der Waals surface area (Å²) in [5.41, 5.74) is 0. The van der Waals surface area contributed by atoms with Gasteiger partial charge in [0.05, 0.1) is 0 Å². The van der Waals surface area contributed by atoms with Gasteiger partial charge in [0.2, 0.25) is 0 Å². The maximum absolute atomic E-state index is 2.56. The second-order valence-corrected chi connectivity index (χ2v) is 33.9. The molecule has 0 aliphatic carbocycles. The molecule has 0 saturated carbocycles. The summed E-state index contributed by atoms with van der Waals surface area (Å²) in [5.74, 6) is 3.14. The Balaban J connectivity index is 0.000000528. The number of nitrogens with zero attached hydrogens (tertiary/aromatic N) is 16. The molecule has 8 rings (SSSR count). The van der Waals surface area contributed by atoms with Crippen LogP contribution in [-0.2, 0) is 0 Å². The van der Waals surface area contributed by atoms with Gasteiger partial charge in [0, 0.05) is 200 Å². The zero-order valence-corrected chi connectivity index (χ0v) is 69.2. The fourth-order valence-corrected chi connectivity index (χ4v) is 14.9. The van der Waals surface area contributed by atoms with Crippen molar-refractivity contribution in [3.63, 3.8) is 0 Å². The third kappa shape index (κ3) is 29.7. The van der Waals surface area contributed by atoms with Crippen LogP contribution < -0.4 is 0 Å². The smallest absolute Gasteiger partial charge is 0.0246 e. The minimum absolute atomic E-state index is 0.672. The predicted molar refractivity (Wildman–Crippen MR) is 409 cm³/mol. The van der Waals surface area contributed by atoms with Gasteiger partial charge in [-0.05, 0) is 246 Å². The van der Waals surface area contributed by atoms with Gasteiger partial charge in [-0.3, -0.25) is 14.7 Å². The molecule has 92 heavy (non-hydrogen) atoms. The standard InChI is InChI=1S/C12H26N2.2C11H24N2.C10H22N2.C9H20N2.2C8H18N2.C7H16N2/c1-9(2)7-12-8-13(5)10(3)11(4)14(12)6;1-9(2)6-11-8-12(4)10(3)7-13(11)5;1-8(2)11-7-12(5)9(3)10(4)13(11)6;1-8(2)10-7-11(4)9(3)6-12(10)5;1-7-6-10(4)8(2)9(3)11(7)5;1-7-5-10(4)8(2)6-9(7)3;1-7-8(2)10(4)6-5-9(7)3;1-7-6-8(2)4-5-9(7)3/h9-12H,7-8H2,1-6H3;9-11H,6-8H2,1-5H3;8-11H,7H2,1-6H3;8-10H,6-7H2,1-5H3;7-9H,6H2,1-5H3;2*7-8H,5-6H2,1-4H3;7H,4-6H2,1-3H3. The molecular formula is C76H168N16. The van der Waals surface area contributed by atoms with Crippen molar-refractivity contribution in [1.29, 1.82) is 0 Å². The lowest BCUT2D eigenvalue weighted by atomic mass is 9.94. The predicted octanol–water partition coefficient (Wildman–Crippen LogP) is 9.23. The average molecular weight is 1310 g/mol. The van der Waals surface area contributed by atoms with Crippen LogP contribution in [0.4, 0.5) is 0 Å². The van der Waals surface area contributed by atoms with Crippen molar-refractivity contribution in [1.82, 2.24) is 78.4 Å². The van der Waals surface area contributed by atoms with Crippen molar-refractivity contribution in [2.75, 3.05) is 204 Å². The van der Waals surface area contributed by atoms with Gasteiger partial charge in [0.25, 0.3) is 0 Å². The SMILES string of the molecule is CC(C)C1CN(C)C(C)C(C)N1C.CC(C)C1CN(C)C(C)CN1C.CC(C)CC1CN(C)C(C)C(C)N1C.CC(C)CC1CN(C)C(C)CN1C.CC1C(C)N(C)C(C)CN1C.CC1C(C)N(C)CCN1C.CC1CN(C)C(C)CN1C.CC1CN(C)CCN1C. The van der Waals surface area contributed by atoms with Crippen LogP contribution in [0.15, 0.2) is 0 Å². The number of piperazine rings is 8. The van der Waals surface area contributed by atoms with E-state index in [1.165, 1.54) is 104 Å². The van der Waals surface area contributed by atoms with Gasteiger partial charge < -0.3 is 63.7 Å². The van der Waals surface area contributed by atoms with E-state index < -0.39 is 0 Å². The number of hydrogen-bond donors (Lipinski definition) is 0. The third-order valence-corrected chi connectivity index (χ3v) is 24.9. The summed E-state index contributed by atoms with van der Waals surface area (Å²) in [5, 5.41) is 0. The van der Waals surface area contributed by atoms with Crippen LogP contribution in [0.2, 0.25) is 0 Å². The van der Waals surface area contributed by atoms with Crippen molar-refractivity contribution in [2.45, 2.75) is 274 Å². The highest BCUT2D eigenvalue weighted by molar-refractivity contribution is 4.93. The van der Waals surface area contributed by atoms with E-state index in [-0.39, 0.29) is 0 Å². The Hall–Kier alpha value is -0.640. The fourth-order valence-electron chi connectivity index (χ4n) is 14.9. The first-order valence-electron chi connectivity index (χ1n) is 37.6. The molecule has 8 aliphatic heterocycles. The van der Waals surface area contributed by atoms with E-state index >= 15 is 0 Å². The molecule has 0 aromatic heterocycles. The van der Waals surface area contributed by atoms with Crippen molar-refractivity contribution in [3.05, 3.63) is 0 Å². The van der Waals surface area contributed by atoms with Gasteiger partial charge in [-0.1, -0.05) is 55.4 Å². The van der Waals surface area contributed by atoms with Gasteiger partial charge in [0.15, 0.2) is 0 Å². The highest BCUT2D eigenvalue weighted by Gasteiger charge is 2.36. The van der Waals surface area contributed by atoms with Crippen LogP contribution in [0.25, 0.3) is 0 Å². The largest absolute Gasteiger partial charge is 0.304 e. The Morgan fingerprint density at radius 3 is 0.935 bits per heavy atom. The summed E-state index contributed by atoms with van der Waals surface area (Å²) < 4.78 is 0. The van der Waals surface area contributed by atoms with Gasteiger partial charge in [-0.15, -0.1) is 0 Å². The van der Waals surface area contributed by atoms with E-state index in [0.717, 1.165) is 66.0 Å². The van der Waals surface area contributed by atoms with Crippen LogP contribution in [0.5, 0.6) is 0 Å². The molecule has 0 bridgehead atoms. The Kier molecular flexibility index (Phi) is 41.9. The first kappa shape index (κ1) is 89.4. The zero-order chi connectivity index (χ0) is 71.3. The van der Waals surface area contributed by atoms with E-state index in [4.69, 9.17) is 0 Å². The van der Waals surface area contributed by atoms with Crippen LogP contribution in [-0.4, -0.2) is 392 Å². The van der Waals surface area contributed by atoms with Gasteiger partial charge in [-0.25, -0.2) is 0 Å². The molecule has 18 unspecified atom stereocenters. The minimum atomic E-state index is 0.672. The summed E-state index contributed by atoms with van der Waals surface area (Å²) in [6.45, 7) is 67.7. The Labute approximate surface area is 577 Å². The summed E-state index contributed by atoms with van der Waals surface area (Å²) in [6, 6.07) is 12.8. The van der Waals surface area contributed by atoms with Crippen LogP contribution in [0, 0.1) is 23.7 Å². The first-order chi connectivity index (χ1) is 42.4. The van der Waals surface area contributed by atoms with E-state index in [2.05, 4.69) is 343 Å². The van der Waals surface area contributed by atoms with E-state index in [0.29, 0.717) is 66.5 Å². The quantitative estimate of drug-likeness (QED) is 0.254. The van der Waals surface area contributed by atoms with Crippen molar-refractivity contribution in [2.24, 2.45) is 23.7 Å². The van der Waals surface area contributed by atoms with E-state index in [1.807, 2.05) is 0 Å². The first-order valence-corrected chi connectivity index (χ1v) is 37.6. The lowest BCUT2D eigenvalue weighted by Gasteiger charge is -2.48. The Morgan fingerprint density at radius 1 is 0.228 bits per heavy atom. The summed E-state index contributed by atoms with van der Waals surface area (Å²) in [6.07, 6.45) is 2.64. The molecule has 8 heterocycles. The van der Waals surface area contributed by atoms with Gasteiger partial charge in [0.1, 0.15) is 0 Å². The lowest BCUT2D eigenvalue weighted by Crippen LogP contribution is -2.60. The molecule has 0 amide bonds. The molecule has 18 atom stereocenters. The molecule has 0 spiro atoms. The van der Waals surface area contributed by atoms with Crippen LogP contribution >= 0.6 is 0 Å². The van der Waals surface area contributed by atoms with Gasteiger partial charge >= 0.3 is 0 Å². The maximum atomic E-state index is 2.56. The molecule has 8 saturated heterocycles. The molecule has 0 radical (unpaired) electrons. The number of rotatable bonds is 6. The third-order valence-electron chi connectivity index (χ3n) is 24.9. The average Bonchev–Trinajstić information content (AvgIpc) is 1.43. The Morgan fingerprint density at radius 2 is 0.522 bits per heavy atom.